The first-order valence-electron chi connectivity index (χ1n) is 5.78. The maximum Gasteiger partial charge on any atom is 0.147 e. The number of rotatable bonds is 3. The fourth-order valence-corrected chi connectivity index (χ4v) is 2.72. The van der Waals surface area contributed by atoms with Gasteiger partial charge in [0, 0.05) is 29.4 Å². The zero-order valence-corrected chi connectivity index (χ0v) is 11.5. The molecule has 0 radical (unpaired) electrons. The molecule has 0 aliphatic rings. The normalized spacial score (nSPS) is 10.6. The van der Waals surface area contributed by atoms with E-state index in [1.807, 2.05) is 36.4 Å². The van der Waals surface area contributed by atoms with Crippen LogP contribution in [0.15, 0.2) is 48.8 Å². The van der Waals surface area contributed by atoms with Gasteiger partial charge in [0.25, 0.3) is 0 Å². The molecule has 0 aliphatic carbocycles. The highest BCUT2D eigenvalue weighted by atomic mass is 35.5. The zero-order valence-electron chi connectivity index (χ0n) is 9.95. The summed E-state index contributed by atoms with van der Waals surface area (Å²) in [6, 6.07) is 11.7. The summed E-state index contributed by atoms with van der Waals surface area (Å²) >= 11 is 7.47. The quantitative estimate of drug-likeness (QED) is 0.734. The van der Waals surface area contributed by atoms with E-state index < -0.39 is 0 Å². The predicted octanol–water partition coefficient (Wildman–Crippen LogP) is 3.84. The number of nitrogens with zero attached hydrogens (tertiary/aromatic N) is 3. The van der Waals surface area contributed by atoms with Gasteiger partial charge >= 0.3 is 0 Å². The van der Waals surface area contributed by atoms with E-state index in [-0.39, 0.29) is 0 Å². The molecule has 0 N–H and O–H groups in total. The molecule has 0 aliphatic heterocycles. The monoisotopic (exact) mass is 287 g/mol. The molecule has 0 saturated carbocycles. The molecule has 2 aromatic heterocycles. The summed E-state index contributed by atoms with van der Waals surface area (Å²) in [5.74, 6) is 0. The van der Waals surface area contributed by atoms with Crippen molar-refractivity contribution in [1.29, 1.82) is 0 Å². The van der Waals surface area contributed by atoms with Crippen LogP contribution in [-0.4, -0.2) is 15.2 Å². The van der Waals surface area contributed by atoms with Gasteiger partial charge in [0.05, 0.1) is 0 Å². The largest absolute Gasteiger partial charge is 0.265 e. The molecule has 0 bridgehead atoms. The molecule has 3 nitrogen and oxygen atoms in total. The van der Waals surface area contributed by atoms with Crippen LogP contribution in [0.4, 0.5) is 0 Å². The van der Waals surface area contributed by atoms with Crippen LogP contribution < -0.4 is 0 Å². The van der Waals surface area contributed by atoms with Crippen molar-refractivity contribution in [3.8, 4) is 10.6 Å². The van der Waals surface area contributed by atoms with Crippen molar-refractivity contribution in [2.24, 2.45) is 0 Å². The van der Waals surface area contributed by atoms with Crippen molar-refractivity contribution >= 4 is 22.9 Å². The highest BCUT2D eigenvalue weighted by molar-refractivity contribution is 7.14. The van der Waals surface area contributed by atoms with Crippen LogP contribution in [0.2, 0.25) is 5.02 Å². The third kappa shape index (κ3) is 2.97. The summed E-state index contributed by atoms with van der Waals surface area (Å²) in [6.45, 7) is 0. The van der Waals surface area contributed by atoms with Crippen molar-refractivity contribution in [2.45, 2.75) is 6.42 Å². The van der Waals surface area contributed by atoms with E-state index in [1.165, 1.54) is 5.56 Å². The minimum absolute atomic E-state index is 0.749. The Morgan fingerprint density at radius 3 is 2.42 bits per heavy atom. The first-order valence-corrected chi connectivity index (χ1v) is 6.98. The minimum Gasteiger partial charge on any atom is -0.265 e. The van der Waals surface area contributed by atoms with E-state index in [9.17, 15) is 0 Å². The predicted molar refractivity (Wildman–Crippen MR) is 77.4 cm³/mol. The summed E-state index contributed by atoms with van der Waals surface area (Å²) in [4.78, 5) is 4.00. The Hall–Kier alpha value is -1.78. The third-order valence-electron chi connectivity index (χ3n) is 2.66. The fraction of sp³-hybridized carbons (Fsp3) is 0.0714. The molecule has 3 rings (SSSR count). The van der Waals surface area contributed by atoms with Crippen LogP contribution in [0, 0.1) is 0 Å². The first kappa shape index (κ1) is 12.3. The standard InChI is InChI=1S/C14H10ClN3S/c15-12-3-1-10(2-4-12)9-13-17-18-14(19-13)11-5-7-16-8-6-11/h1-8H,9H2. The van der Waals surface area contributed by atoms with Gasteiger partial charge < -0.3 is 0 Å². The van der Waals surface area contributed by atoms with Gasteiger partial charge in [0.1, 0.15) is 10.0 Å². The summed E-state index contributed by atoms with van der Waals surface area (Å²) in [7, 11) is 0. The first-order chi connectivity index (χ1) is 9.31. The van der Waals surface area contributed by atoms with Crippen molar-refractivity contribution in [2.75, 3.05) is 0 Å². The molecule has 94 valence electrons. The molecule has 0 saturated heterocycles. The van der Waals surface area contributed by atoms with Gasteiger partial charge in [0.15, 0.2) is 0 Å². The Kier molecular flexibility index (Phi) is 3.53. The number of aromatic nitrogens is 3. The Labute approximate surface area is 119 Å². The second-order valence-corrected chi connectivity index (χ2v) is 5.54. The third-order valence-corrected chi connectivity index (χ3v) is 3.89. The number of hydrogen-bond acceptors (Lipinski definition) is 4. The van der Waals surface area contributed by atoms with E-state index in [1.54, 1.807) is 23.7 Å². The van der Waals surface area contributed by atoms with E-state index in [0.29, 0.717) is 0 Å². The number of hydrogen-bond donors (Lipinski definition) is 0. The van der Waals surface area contributed by atoms with Crippen LogP contribution in [0.25, 0.3) is 10.6 Å². The highest BCUT2D eigenvalue weighted by Crippen LogP contribution is 2.24. The Balaban J connectivity index is 1.80. The average molecular weight is 288 g/mol. The van der Waals surface area contributed by atoms with E-state index in [0.717, 1.165) is 27.0 Å². The number of benzene rings is 1. The van der Waals surface area contributed by atoms with E-state index in [2.05, 4.69) is 15.2 Å². The SMILES string of the molecule is Clc1ccc(Cc2nnc(-c3ccncc3)s2)cc1. The lowest BCUT2D eigenvalue weighted by Gasteiger charge is -1.96. The summed E-state index contributed by atoms with van der Waals surface area (Å²) < 4.78 is 0. The Morgan fingerprint density at radius 1 is 0.947 bits per heavy atom. The molecular formula is C14H10ClN3S. The number of pyridine rings is 1. The maximum absolute atomic E-state index is 5.87. The van der Waals surface area contributed by atoms with Crippen LogP contribution in [0.3, 0.4) is 0 Å². The average Bonchev–Trinajstić information content (AvgIpc) is 2.91. The highest BCUT2D eigenvalue weighted by Gasteiger charge is 2.07. The van der Waals surface area contributed by atoms with E-state index in [4.69, 9.17) is 11.6 Å². The Bertz CT molecular complexity index is 665. The zero-order chi connectivity index (χ0) is 13.1. The summed E-state index contributed by atoms with van der Waals surface area (Å²) in [5, 5.41) is 11.1. The smallest absolute Gasteiger partial charge is 0.147 e. The van der Waals surface area contributed by atoms with Gasteiger partial charge in [-0.05, 0) is 29.8 Å². The molecular weight excluding hydrogens is 278 g/mol. The van der Waals surface area contributed by atoms with Gasteiger partial charge in [-0.25, -0.2) is 0 Å². The van der Waals surface area contributed by atoms with Crippen LogP contribution in [-0.2, 0) is 6.42 Å². The summed E-state index contributed by atoms with van der Waals surface area (Å²) in [5.41, 5.74) is 2.23. The molecule has 0 atom stereocenters. The summed E-state index contributed by atoms with van der Waals surface area (Å²) in [6.07, 6.45) is 4.30. The second kappa shape index (κ2) is 5.47. The molecule has 2 heterocycles. The molecule has 0 fully saturated rings. The lowest BCUT2D eigenvalue weighted by atomic mass is 10.2. The molecule has 1 aromatic carbocycles. The van der Waals surface area contributed by atoms with Gasteiger partial charge in [-0.15, -0.1) is 10.2 Å². The number of halogens is 1. The Morgan fingerprint density at radius 2 is 1.68 bits per heavy atom. The van der Waals surface area contributed by atoms with Crippen molar-refractivity contribution in [1.82, 2.24) is 15.2 Å². The van der Waals surface area contributed by atoms with Crippen molar-refractivity contribution in [3.05, 3.63) is 64.4 Å². The topological polar surface area (TPSA) is 38.7 Å². The molecule has 0 amide bonds. The van der Waals surface area contributed by atoms with Crippen molar-refractivity contribution in [3.63, 3.8) is 0 Å². The van der Waals surface area contributed by atoms with Gasteiger partial charge in [0.2, 0.25) is 0 Å². The second-order valence-electron chi connectivity index (χ2n) is 4.04. The molecule has 0 unspecified atom stereocenters. The van der Waals surface area contributed by atoms with Gasteiger partial charge in [-0.3, -0.25) is 4.98 Å². The molecule has 0 spiro atoms. The van der Waals surface area contributed by atoms with Crippen LogP contribution in [0.5, 0.6) is 0 Å². The fourth-order valence-electron chi connectivity index (χ4n) is 1.71. The molecule has 19 heavy (non-hydrogen) atoms. The van der Waals surface area contributed by atoms with Gasteiger partial charge in [-0.2, -0.15) is 0 Å². The minimum atomic E-state index is 0.749. The van der Waals surface area contributed by atoms with Crippen LogP contribution in [0.1, 0.15) is 10.6 Å². The van der Waals surface area contributed by atoms with Crippen LogP contribution >= 0.6 is 22.9 Å². The lowest BCUT2D eigenvalue weighted by molar-refractivity contribution is 1.01. The van der Waals surface area contributed by atoms with E-state index >= 15 is 0 Å². The molecule has 3 aromatic rings. The molecule has 5 heteroatoms. The lowest BCUT2D eigenvalue weighted by Crippen LogP contribution is -1.86. The van der Waals surface area contributed by atoms with Crippen molar-refractivity contribution < 1.29 is 0 Å². The maximum atomic E-state index is 5.87. The van der Waals surface area contributed by atoms with Gasteiger partial charge in [-0.1, -0.05) is 35.1 Å².